The van der Waals surface area contributed by atoms with Gasteiger partial charge in [-0.25, -0.2) is 0 Å². The van der Waals surface area contributed by atoms with Crippen molar-refractivity contribution in [3.63, 3.8) is 0 Å². The van der Waals surface area contributed by atoms with Crippen molar-refractivity contribution in [1.82, 2.24) is 0 Å². The van der Waals surface area contributed by atoms with Gasteiger partial charge in [0.15, 0.2) is 0 Å². The van der Waals surface area contributed by atoms with Crippen LogP contribution < -0.4 is 0 Å². The molecule has 1 saturated heterocycles. The molecule has 0 amide bonds. The monoisotopic (exact) mass is 206 g/mol. The molecule has 1 aromatic rings. The summed E-state index contributed by atoms with van der Waals surface area (Å²) in [6.45, 7) is 2.79. The number of hydrogen-bond acceptors (Lipinski definition) is 2. The third-order valence-electron chi connectivity index (χ3n) is 3.06. The molecule has 1 fully saturated rings. The van der Waals surface area contributed by atoms with Crippen LogP contribution in [-0.2, 0) is 4.74 Å². The molecular weight excluding hydrogens is 188 g/mol. The normalized spacial score (nSPS) is 27.1. The number of aliphatic hydroxyl groups is 1. The number of aliphatic hydroxyl groups excluding tert-OH is 1. The molecule has 2 heteroatoms. The Kier molecular flexibility index (Phi) is 3.39. The summed E-state index contributed by atoms with van der Waals surface area (Å²) in [4.78, 5) is 0. The van der Waals surface area contributed by atoms with Gasteiger partial charge in [0, 0.05) is 5.92 Å². The van der Waals surface area contributed by atoms with Crippen LogP contribution in [0.5, 0.6) is 0 Å². The van der Waals surface area contributed by atoms with Gasteiger partial charge in [0.25, 0.3) is 0 Å². The standard InChI is InChI=1S/C13H18O2/c1-2-6-12(14)11-9-15-13(11)10-7-4-3-5-8-10/h3-5,7-8,11-14H,2,6,9H2,1H3/t11-,12-,13-/m1/s1. The Labute approximate surface area is 90.9 Å². The van der Waals surface area contributed by atoms with Gasteiger partial charge < -0.3 is 9.84 Å². The molecule has 1 aliphatic heterocycles. The highest BCUT2D eigenvalue weighted by Gasteiger charge is 2.37. The molecule has 15 heavy (non-hydrogen) atoms. The first kappa shape index (κ1) is 10.7. The van der Waals surface area contributed by atoms with Crippen molar-refractivity contribution >= 4 is 0 Å². The summed E-state index contributed by atoms with van der Waals surface area (Å²) in [6.07, 6.45) is 1.79. The second-order valence-corrected chi connectivity index (χ2v) is 4.18. The quantitative estimate of drug-likeness (QED) is 0.820. The van der Waals surface area contributed by atoms with Gasteiger partial charge >= 0.3 is 0 Å². The molecule has 0 unspecified atom stereocenters. The Bertz CT molecular complexity index is 297. The van der Waals surface area contributed by atoms with E-state index in [-0.39, 0.29) is 18.1 Å². The summed E-state index contributed by atoms with van der Waals surface area (Å²) in [7, 11) is 0. The van der Waals surface area contributed by atoms with Gasteiger partial charge in [-0.1, -0.05) is 43.7 Å². The van der Waals surface area contributed by atoms with E-state index in [0.717, 1.165) is 12.8 Å². The van der Waals surface area contributed by atoms with E-state index in [2.05, 4.69) is 19.1 Å². The van der Waals surface area contributed by atoms with Gasteiger partial charge in [0.1, 0.15) is 0 Å². The smallest absolute Gasteiger partial charge is 0.0900 e. The first-order valence-corrected chi connectivity index (χ1v) is 5.67. The molecule has 0 saturated carbocycles. The Morgan fingerprint density at radius 1 is 1.40 bits per heavy atom. The Balaban J connectivity index is 2.00. The number of hydrogen-bond donors (Lipinski definition) is 1. The Hall–Kier alpha value is -0.860. The van der Waals surface area contributed by atoms with Crippen molar-refractivity contribution in [2.45, 2.75) is 32.0 Å². The fourth-order valence-electron chi connectivity index (χ4n) is 2.11. The second-order valence-electron chi connectivity index (χ2n) is 4.18. The number of rotatable bonds is 4. The van der Waals surface area contributed by atoms with Crippen LogP contribution in [0.3, 0.4) is 0 Å². The number of benzene rings is 1. The van der Waals surface area contributed by atoms with Crippen LogP contribution in [0.1, 0.15) is 31.4 Å². The summed E-state index contributed by atoms with van der Waals surface area (Å²) >= 11 is 0. The summed E-state index contributed by atoms with van der Waals surface area (Å²) in [5.74, 6) is 0.285. The van der Waals surface area contributed by atoms with Gasteiger partial charge in [-0.15, -0.1) is 0 Å². The zero-order valence-corrected chi connectivity index (χ0v) is 9.10. The van der Waals surface area contributed by atoms with E-state index in [1.165, 1.54) is 5.56 Å². The molecule has 1 aromatic carbocycles. The van der Waals surface area contributed by atoms with E-state index in [4.69, 9.17) is 4.74 Å². The minimum absolute atomic E-state index is 0.104. The molecule has 0 spiro atoms. The van der Waals surface area contributed by atoms with E-state index in [0.29, 0.717) is 6.61 Å². The molecule has 2 nitrogen and oxygen atoms in total. The molecule has 0 bridgehead atoms. The zero-order chi connectivity index (χ0) is 10.7. The molecule has 3 atom stereocenters. The summed E-state index contributed by atoms with van der Waals surface area (Å²) < 4.78 is 5.54. The molecule has 0 radical (unpaired) electrons. The van der Waals surface area contributed by atoms with E-state index >= 15 is 0 Å². The molecule has 0 aliphatic carbocycles. The maximum absolute atomic E-state index is 9.92. The van der Waals surface area contributed by atoms with Gasteiger partial charge in [0.05, 0.1) is 18.8 Å². The van der Waals surface area contributed by atoms with Gasteiger partial charge in [0.2, 0.25) is 0 Å². The Morgan fingerprint density at radius 2 is 2.13 bits per heavy atom. The van der Waals surface area contributed by atoms with Crippen LogP contribution in [0.4, 0.5) is 0 Å². The molecule has 2 rings (SSSR count). The minimum Gasteiger partial charge on any atom is -0.393 e. The zero-order valence-electron chi connectivity index (χ0n) is 9.10. The second kappa shape index (κ2) is 4.77. The van der Waals surface area contributed by atoms with E-state index in [1.807, 2.05) is 18.2 Å². The molecule has 1 heterocycles. The molecule has 82 valence electrons. The lowest BCUT2D eigenvalue weighted by Gasteiger charge is -2.40. The average Bonchev–Trinajstić information content (AvgIpc) is 2.18. The first-order valence-electron chi connectivity index (χ1n) is 5.67. The van der Waals surface area contributed by atoms with E-state index in [1.54, 1.807) is 0 Å². The highest BCUT2D eigenvalue weighted by atomic mass is 16.5. The fraction of sp³-hybridized carbons (Fsp3) is 0.538. The predicted molar refractivity (Wildman–Crippen MR) is 59.5 cm³/mol. The highest BCUT2D eigenvalue weighted by molar-refractivity contribution is 5.20. The van der Waals surface area contributed by atoms with Crippen molar-refractivity contribution in [1.29, 1.82) is 0 Å². The van der Waals surface area contributed by atoms with Crippen LogP contribution in [-0.4, -0.2) is 17.8 Å². The van der Waals surface area contributed by atoms with Crippen LogP contribution in [0.2, 0.25) is 0 Å². The molecule has 1 N–H and O–H groups in total. The first-order chi connectivity index (χ1) is 7.33. The van der Waals surface area contributed by atoms with Crippen molar-refractivity contribution < 1.29 is 9.84 Å². The lowest BCUT2D eigenvalue weighted by atomic mass is 9.85. The fourth-order valence-corrected chi connectivity index (χ4v) is 2.11. The minimum atomic E-state index is -0.214. The lowest BCUT2D eigenvalue weighted by molar-refractivity contribution is -0.162. The van der Waals surface area contributed by atoms with Gasteiger partial charge in [-0.05, 0) is 12.0 Å². The molecule has 0 aromatic heterocycles. The Morgan fingerprint density at radius 3 is 2.67 bits per heavy atom. The third kappa shape index (κ3) is 2.21. The SMILES string of the molecule is CCC[C@@H](O)[C@H]1CO[C@@H]1c1ccccc1. The maximum Gasteiger partial charge on any atom is 0.0900 e. The molecular formula is C13H18O2. The maximum atomic E-state index is 9.92. The largest absolute Gasteiger partial charge is 0.393 e. The van der Waals surface area contributed by atoms with Gasteiger partial charge in [-0.2, -0.15) is 0 Å². The van der Waals surface area contributed by atoms with Crippen LogP contribution in [0.15, 0.2) is 30.3 Å². The van der Waals surface area contributed by atoms with Crippen LogP contribution in [0, 0.1) is 5.92 Å². The number of ether oxygens (including phenoxy) is 1. The molecule has 1 aliphatic rings. The highest BCUT2D eigenvalue weighted by Crippen LogP contribution is 2.38. The van der Waals surface area contributed by atoms with Crippen LogP contribution in [0.25, 0.3) is 0 Å². The van der Waals surface area contributed by atoms with Crippen molar-refractivity contribution in [3.05, 3.63) is 35.9 Å². The van der Waals surface area contributed by atoms with Crippen molar-refractivity contribution in [2.24, 2.45) is 5.92 Å². The summed E-state index contributed by atoms with van der Waals surface area (Å²) in [5.41, 5.74) is 1.18. The van der Waals surface area contributed by atoms with E-state index < -0.39 is 0 Å². The van der Waals surface area contributed by atoms with E-state index in [9.17, 15) is 5.11 Å². The topological polar surface area (TPSA) is 29.5 Å². The van der Waals surface area contributed by atoms with Crippen molar-refractivity contribution in [2.75, 3.05) is 6.61 Å². The predicted octanol–water partition coefficient (Wildman–Crippen LogP) is 2.54. The lowest BCUT2D eigenvalue weighted by Crippen LogP contribution is -2.40. The van der Waals surface area contributed by atoms with Gasteiger partial charge in [-0.3, -0.25) is 0 Å². The van der Waals surface area contributed by atoms with Crippen molar-refractivity contribution in [3.8, 4) is 0 Å². The third-order valence-corrected chi connectivity index (χ3v) is 3.06. The summed E-state index contributed by atoms with van der Waals surface area (Å²) in [5, 5.41) is 9.92. The van der Waals surface area contributed by atoms with Crippen LogP contribution >= 0.6 is 0 Å². The average molecular weight is 206 g/mol. The summed E-state index contributed by atoms with van der Waals surface area (Å²) in [6, 6.07) is 10.2.